The monoisotopic (exact) mass is 397 g/mol. The number of rotatable bonds is 3. The number of fused-ring (bicyclic) bond motifs is 3. The van der Waals surface area contributed by atoms with E-state index in [0.29, 0.717) is 28.2 Å². The fourth-order valence-corrected chi connectivity index (χ4v) is 5.83. The van der Waals surface area contributed by atoms with Crippen molar-refractivity contribution >= 4 is 32.5 Å². The molecule has 0 amide bonds. The summed E-state index contributed by atoms with van der Waals surface area (Å²) in [7, 11) is 1.73. The van der Waals surface area contributed by atoms with Crippen LogP contribution in [0.15, 0.2) is 30.6 Å². The molecule has 1 unspecified atom stereocenters. The average Bonchev–Trinajstić information content (AvgIpc) is 3.08. The summed E-state index contributed by atoms with van der Waals surface area (Å²) < 4.78 is 28.7. The van der Waals surface area contributed by atoms with Crippen molar-refractivity contribution < 1.29 is 8.78 Å². The maximum atomic E-state index is 13.6. The van der Waals surface area contributed by atoms with Gasteiger partial charge in [0.1, 0.15) is 10.3 Å². The van der Waals surface area contributed by atoms with E-state index in [9.17, 15) is 8.78 Å². The zero-order valence-corrected chi connectivity index (χ0v) is 15.9. The van der Waals surface area contributed by atoms with E-state index in [0.717, 1.165) is 35.1 Å². The van der Waals surface area contributed by atoms with E-state index in [1.165, 1.54) is 10.9 Å². The van der Waals surface area contributed by atoms with E-state index in [2.05, 4.69) is 21.5 Å². The van der Waals surface area contributed by atoms with Crippen LogP contribution in [-0.4, -0.2) is 32.8 Å². The Kier molecular flexibility index (Phi) is 3.40. The smallest absolute Gasteiger partial charge is 0.266 e. The minimum atomic E-state index is -2.60. The van der Waals surface area contributed by atoms with Crippen molar-refractivity contribution in [2.75, 3.05) is 13.1 Å². The number of nitrogens with one attached hydrogen (secondary N) is 1. The van der Waals surface area contributed by atoms with Gasteiger partial charge in [-0.2, -0.15) is 5.10 Å². The summed E-state index contributed by atoms with van der Waals surface area (Å²) in [4.78, 5) is 11.5. The van der Waals surface area contributed by atoms with Crippen LogP contribution in [-0.2, 0) is 7.05 Å². The van der Waals surface area contributed by atoms with E-state index < -0.39 is 6.43 Å². The van der Waals surface area contributed by atoms with Crippen LogP contribution in [0.25, 0.3) is 32.5 Å². The van der Waals surface area contributed by atoms with Gasteiger partial charge in [0, 0.05) is 52.1 Å². The Balaban J connectivity index is 1.44. The summed E-state index contributed by atoms with van der Waals surface area (Å²) in [5.41, 5.74) is 0.844. The van der Waals surface area contributed by atoms with Crippen LogP contribution < -0.4 is 5.32 Å². The lowest BCUT2D eigenvalue weighted by atomic mass is 10.1. The highest BCUT2D eigenvalue weighted by molar-refractivity contribution is 7.18. The van der Waals surface area contributed by atoms with E-state index in [4.69, 9.17) is 4.98 Å². The summed E-state index contributed by atoms with van der Waals surface area (Å²) >= 11 is 1.71. The molecule has 6 rings (SSSR count). The van der Waals surface area contributed by atoms with Crippen LogP contribution in [0.3, 0.4) is 0 Å². The van der Waals surface area contributed by atoms with Crippen LogP contribution in [0.5, 0.6) is 0 Å². The second kappa shape index (κ2) is 5.78. The standard InChI is InChI=1S/C20H17F2N5S/c1-27-8-11-2-9(3-12(18(21)22)17(11)26-27)19-24-5-10-4-15(28-20(10)25-19)16-13-6-23-7-14(13)16/h2-5,8,13-14,16,18,23H,6-7H2,1H3/t13-,14+,16?. The summed E-state index contributed by atoms with van der Waals surface area (Å²) in [5.74, 6) is 2.62. The van der Waals surface area contributed by atoms with Gasteiger partial charge < -0.3 is 5.32 Å². The molecule has 1 saturated heterocycles. The van der Waals surface area contributed by atoms with Gasteiger partial charge in [0.2, 0.25) is 0 Å². The van der Waals surface area contributed by atoms with Gasteiger partial charge in [-0.1, -0.05) is 0 Å². The average molecular weight is 397 g/mol. The van der Waals surface area contributed by atoms with E-state index in [1.54, 1.807) is 29.3 Å². The largest absolute Gasteiger partial charge is 0.316 e. The number of piperidine rings is 1. The molecule has 3 aromatic heterocycles. The van der Waals surface area contributed by atoms with E-state index in [1.807, 2.05) is 12.3 Å². The number of hydrogen-bond donors (Lipinski definition) is 1. The minimum Gasteiger partial charge on any atom is -0.316 e. The van der Waals surface area contributed by atoms with Crippen LogP contribution in [0, 0.1) is 11.8 Å². The molecule has 2 fully saturated rings. The highest BCUT2D eigenvalue weighted by Gasteiger charge is 2.54. The molecule has 28 heavy (non-hydrogen) atoms. The Bertz CT molecular complexity index is 1220. The highest BCUT2D eigenvalue weighted by atomic mass is 32.1. The first-order valence-electron chi connectivity index (χ1n) is 9.31. The van der Waals surface area contributed by atoms with Crippen molar-refractivity contribution in [3.63, 3.8) is 0 Å². The predicted octanol–water partition coefficient (Wildman–Crippen LogP) is 4.12. The summed E-state index contributed by atoms with van der Waals surface area (Å²) in [5, 5.41) is 9.29. The maximum Gasteiger partial charge on any atom is 0.266 e. The third kappa shape index (κ3) is 2.41. The fraction of sp³-hybridized carbons (Fsp3) is 0.350. The SMILES string of the molecule is Cn1cc2cc(-c3ncc4cc(C5[C@H]6CNC[C@@H]56)sc4n3)cc(C(F)F)c2n1. The lowest BCUT2D eigenvalue weighted by Crippen LogP contribution is -2.13. The number of hydrogen-bond acceptors (Lipinski definition) is 5. The molecule has 0 radical (unpaired) electrons. The number of aromatic nitrogens is 4. The van der Waals surface area contributed by atoms with Crippen LogP contribution in [0.1, 0.15) is 22.8 Å². The fourth-order valence-electron chi connectivity index (χ4n) is 4.57. The van der Waals surface area contributed by atoms with Crippen molar-refractivity contribution in [1.29, 1.82) is 0 Å². The van der Waals surface area contributed by atoms with E-state index >= 15 is 0 Å². The second-order valence-corrected chi connectivity index (χ2v) is 8.78. The lowest BCUT2D eigenvalue weighted by Gasteiger charge is -2.05. The van der Waals surface area contributed by atoms with Crippen molar-refractivity contribution in [2.24, 2.45) is 18.9 Å². The molecule has 5 nitrogen and oxygen atoms in total. The number of thiophene rings is 1. The molecule has 4 heterocycles. The van der Waals surface area contributed by atoms with Crippen molar-refractivity contribution in [1.82, 2.24) is 25.1 Å². The first-order valence-corrected chi connectivity index (χ1v) is 10.1. The molecule has 1 aromatic carbocycles. The molecule has 4 aromatic rings. The molecule has 0 spiro atoms. The zero-order valence-electron chi connectivity index (χ0n) is 15.1. The van der Waals surface area contributed by atoms with Crippen molar-refractivity contribution in [3.05, 3.63) is 41.0 Å². The Morgan fingerprint density at radius 3 is 2.79 bits per heavy atom. The Hall–Kier alpha value is -2.45. The van der Waals surface area contributed by atoms with Crippen molar-refractivity contribution in [3.8, 4) is 11.4 Å². The van der Waals surface area contributed by atoms with Crippen LogP contribution >= 0.6 is 11.3 Å². The zero-order chi connectivity index (χ0) is 19.0. The third-order valence-corrected chi connectivity index (χ3v) is 7.10. The molecule has 1 aliphatic carbocycles. The van der Waals surface area contributed by atoms with Gasteiger partial charge in [-0.25, -0.2) is 18.7 Å². The molecule has 1 N–H and O–H groups in total. The van der Waals surface area contributed by atoms with Gasteiger partial charge >= 0.3 is 0 Å². The molecular weight excluding hydrogens is 380 g/mol. The highest BCUT2D eigenvalue weighted by Crippen LogP contribution is 2.57. The molecule has 8 heteroatoms. The van der Waals surface area contributed by atoms with E-state index in [-0.39, 0.29) is 5.56 Å². The molecule has 2 aliphatic rings. The third-order valence-electron chi connectivity index (χ3n) is 5.96. The number of alkyl halides is 2. The predicted molar refractivity (Wildman–Crippen MR) is 105 cm³/mol. The first-order chi connectivity index (χ1) is 13.6. The topological polar surface area (TPSA) is 55.6 Å². The van der Waals surface area contributed by atoms with Crippen molar-refractivity contribution in [2.45, 2.75) is 12.3 Å². The second-order valence-electron chi connectivity index (χ2n) is 7.72. The van der Waals surface area contributed by atoms with Crippen LogP contribution in [0.4, 0.5) is 8.78 Å². The first kappa shape index (κ1) is 16.5. The van der Waals surface area contributed by atoms with Gasteiger partial charge in [-0.05, 0) is 43.1 Å². The quantitative estimate of drug-likeness (QED) is 0.565. The number of aryl methyl sites for hydroxylation is 1. The minimum absolute atomic E-state index is 0.0815. The number of nitrogens with zero attached hydrogens (tertiary/aromatic N) is 4. The molecule has 1 aliphatic heterocycles. The Morgan fingerprint density at radius 2 is 2.00 bits per heavy atom. The number of halogens is 2. The molecular formula is C20H17F2N5S. The molecule has 142 valence electrons. The number of benzene rings is 1. The summed E-state index contributed by atoms with van der Waals surface area (Å²) in [6.45, 7) is 2.20. The lowest BCUT2D eigenvalue weighted by molar-refractivity contribution is 0.153. The summed E-state index contributed by atoms with van der Waals surface area (Å²) in [6, 6.07) is 5.50. The summed E-state index contributed by atoms with van der Waals surface area (Å²) in [6.07, 6.45) is 0.952. The normalized spacial score (nSPS) is 23.8. The molecule has 0 bridgehead atoms. The molecule has 1 saturated carbocycles. The van der Waals surface area contributed by atoms with Gasteiger partial charge in [-0.15, -0.1) is 11.3 Å². The van der Waals surface area contributed by atoms with Gasteiger partial charge in [-0.3, -0.25) is 4.68 Å². The Morgan fingerprint density at radius 1 is 1.18 bits per heavy atom. The maximum absolute atomic E-state index is 13.6. The Labute approximate surface area is 163 Å². The van der Waals surface area contributed by atoms with Gasteiger partial charge in [0.25, 0.3) is 6.43 Å². The molecule has 3 atom stereocenters. The van der Waals surface area contributed by atoms with Gasteiger partial charge in [0.05, 0.1) is 0 Å². The van der Waals surface area contributed by atoms with Gasteiger partial charge in [0.15, 0.2) is 5.82 Å². The van der Waals surface area contributed by atoms with Crippen LogP contribution in [0.2, 0.25) is 0 Å².